The highest BCUT2D eigenvalue weighted by molar-refractivity contribution is 5.21. The molecule has 0 amide bonds. The molecule has 3 heteroatoms. The molecule has 98 valence electrons. The van der Waals surface area contributed by atoms with Crippen molar-refractivity contribution in [3.05, 3.63) is 35.4 Å². The van der Waals surface area contributed by atoms with Crippen molar-refractivity contribution in [2.24, 2.45) is 5.41 Å². The minimum Gasteiger partial charge on any atom is -0.392 e. The molecule has 0 aliphatic rings. The Morgan fingerprint density at radius 3 is 2.39 bits per heavy atom. The zero-order valence-corrected chi connectivity index (χ0v) is 11.2. The third-order valence-corrected chi connectivity index (χ3v) is 3.05. The van der Waals surface area contributed by atoms with Crippen molar-refractivity contribution < 1.29 is 5.11 Å². The standard InChI is InChI=1S/C15H22N2O/c1-15(2,8-3-9-16)12-17-10-13-4-6-14(11-18)7-5-13/h4-7,17-18H,3,8,10-12H2,1-2H3. The molecule has 0 saturated heterocycles. The van der Waals surface area contributed by atoms with E-state index in [0.29, 0.717) is 6.42 Å². The van der Waals surface area contributed by atoms with Crippen molar-refractivity contribution in [1.29, 1.82) is 5.26 Å². The summed E-state index contributed by atoms with van der Waals surface area (Å²) in [6, 6.07) is 10.1. The van der Waals surface area contributed by atoms with Crippen molar-refractivity contribution in [2.45, 2.75) is 39.8 Å². The fourth-order valence-electron chi connectivity index (χ4n) is 1.79. The summed E-state index contributed by atoms with van der Waals surface area (Å²) in [5.41, 5.74) is 2.30. The summed E-state index contributed by atoms with van der Waals surface area (Å²) in [6.45, 7) is 6.16. The molecule has 0 aliphatic heterocycles. The van der Waals surface area contributed by atoms with Crippen LogP contribution in [-0.2, 0) is 13.2 Å². The number of nitriles is 1. The maximum atomic E-state index is 8.95. The zero-order valence-electron chi connectivity index (χ0n) is 11.2. The van der Waals surface area contributed by atoms with Gasteiger partial charge in [0, 0.05) is 19.5 Å². The van der Waals surface area contributed by atoms with Crippen molar-refractivity contribution in [1.82, 2.24) is 5.32 Å². The van der Waals surface area contributed by atoms with E-state index < -0.39 is 0 Å². The summed E-state index contributed by atoms with van der Waals surface area (Å²) in [5.74, 6) is 0. The molecular weight excluding hydrogens is 224 g/mol. The Labute approximate surface area is 109 Å². The van der Waals surface area contributed by atoms with Crippen molar-refractivity contribution in [3.63, 3.8) is 0 Å². The van der Waals surface area contributed by atoms with Gasteiger partial charge in [0.1, 0.15) is 0 Å². The van der Waals surface area contributed by atoms with Crippen molar-refractivity contribution in [3.8, 4) is 6.07 Å². The molecular formula is C15H22N2O. The third-order valence-electron chi connectivity index (χ3n) is 3.05. The van der Waals surface area contributed by atoms with Crippen molar-refractivity contribution >= 4 is 0 Å². The van der Waals surface area contributed by atoms with Crippen LogP contribution in [-0.4, -0.2) is 11.7 Å². The molecule has 0 atom stereocenters. The molecule has 1 aromatic rings. The Morgan fingerprint density at radius 1 is 1.22 bits per heavy atom. The molecule has 0 aromatic heterocycles. The van der Waals surface area contributed by atoms with Gasteiger partial charge in [-0.15, -0.1) is 0 Å². The van der Waals surface area contributed by atoms with E-state index in [1.165, 1.54) is 5.56 Å². The molecule has 18 heavy (non-hydrogen) atoms. The lowest BCUT2D eigenvalue weighted by atomic mass is 9.88. The van der Waals surface area contributed by atoms with Gasteiger partial charge in [0.15, 0.2) is 0 Å². The van der Waals surface area contributed by atoms with Gasteiger partial charge in [0.05, 0.1) is 12.7 Å². The van der Waals surface area contributed by atoms with Crippen LogP contribution in [0.3, 0.4) is 0 Å². The van der Waals surface area contributed by atoms with Gasteiger partial charge in [-0.05, 0) is 23.0 Å². The van der Waals surface area contributed by atoms with Crippen LogP contribution in [0.15, 0.2) is 24.3 Å². The third kappa shape index (κ3) is 5.31. The molecule has 3 nitrogen and oxygen atoms in total. The lowest BCUT2D eigenvalue weighted by Crippen LogP contribution is -2.29. The summed E-state index contributed by atoms with van der Waals surface area (Å²) in [7, 11) is 0. The summed E-state index contributed by atoms with van der Waals surface area (Å²) in [6.07, 6.45) is 1.53. The summed E-state index contributed by atoms with van der Waals surface area (Å²) >= 11 is 0. The molecule has 0 radical (unpaired) electrons. The Hall–Kier alpha value is -1.37. The predicted molar refractivity (Wildman–Crippen MR) is 72.7 cm³/mol. The average Bonchev–Trinajstić information content (AvgIpc) is 2.37. The maximum absolute atomic E-state index is 8.95. The Morgan fingerprint density at radius 2 is 1.83 bits per heavy atom. The van der Waals surface area contributed by atoms with E-state index in [1.807, 2.05) is 24.3 Å². The Bertz CT molecular complexity index is 390. The highest BCUT2D eigenvalue weighted by atomic mass is 16.3. The monoisotopic (exact) mass is 246 g/mol. The molecule has 0 unspecified atom stereocenters. The molecule has 1 aromatic carbocycles. The van der Waals surface area contributed by atoms with Crippen LogP contribution in [0, 0.1) is 16.7 Å². The average molecular weight is 246 g/mol. The summed E-state index contributed by atoms with van der Waals surface area (Å²) < 4.78 is 0. The van der Waals surface area contributed by atoms with E-state index in [4.69, 9.17) is 10.4 Å². The van der Waals surface area contributed by atoms with Gasteiger partial charge in [0.25, 0.3) is 0 Å². The lowest BCUT2D eigenvalue weighted by molar-refractivity contribution is 0.282. The lowest BCUT2D eigenvalue weighted by Gasteiger charge is -2.23. The summed E-state index contributed by atoms with van der Waals surface area (Å²) in [5, 5.41) is 21.0. The molecule has 0 bridgehead atoms. The second-order valence-electron chi connectivity index (χ2n) is 5.40. The van der Waals surface area contributed by atoms with Crippen LogP contribution in [0.25, 0.3) is 0 Å². The van der Waals surface area contributed by atoms with E-state index in [0.717, 1.165) is 25.1 Å². The highest BCUT2D eigenvalue weighted by Crippen LogP contribution is 2.20. The topological polar surface area (TPSA) is 56.0 Å². The number of nitrogens with zero attached hydrogens (tertiary/aromatic N) is 1. The van der Waals surface area contributed by atoms with Crippen LogP contribution in [0.5, 0.6) is 0 Å². The molecule has 0 heterocycles. The molecule has 0 aliphatic carbocycles. The van der Waals surface area contributed by atoms with Gasteiger partial charge in [-0.1, -0.05) is 38.1 Å². The minimum absolute atomic E-state index is 0.0922. The Balaban J connectivity index is 2.34. The van der Waals surface area contributed by atoms with Gasteiger partial charge >= 0.3 is 0 Å². The first-order valence-corrected chi connectivity index (χ1v) is 6.34. The second kappa shape index (κ2) is 7.15. The first kappa shape index (κ1) is 14.7. The first-order valence-electron chi connectivity index (χ1n) is 6.34. The van der Waals surface area contributed by atoms with Crippen LogP contribution in [0.1, 0.15) is 37.8 Å². The van der Waals surface area contributed by atoms with Gasteiger partial charge in [-0.3, -0.25) is 0 Å². The highest BCUT2D eigenvalue weighted by Gasteiger charge is 2.16. The van der Waals surface area contributed by atoms with E-state index in [9.17, 15) is 0 Å². The van der Waals surface area contributed by atoms with E-state index in [-0.39, 0.29) is 12.0 Å². The number of aliphatic hydroxyl groups excluding tert-OH is 1. The van der Waals surface area contributed by atoms with Gasteiger partial charge < -0.3 is 10.4 Å². The van der Waals surface area contributed by atoms with E-state index in [1.54, 1.807) is 0 Å². The Kier molecular flexibility index (Phi) is 5.84. The molecule has 0 saturated carbocycles. The van der Waals surface area contributed by atoms with Crippen molar-refractivity contribution in [2.75, 3.05) is 6.54 Å². The maximum Gasteiger partial charge on any atom is 0.0681 e. The predicted octanol–water partition coefficient (Wildman–Crippen LogP) is 2.60. The molecule has 0 spiro atoms. The quantitative estimate of drug-likeness (QED) is 0.777. The minimum atomic E-state index is 0.0922. The molecule has 1 rings (SSSR count). The molecule has 0 fully saturated rings. The zero-order chi connectivity index (χ0) is 13.4. The fraction of sp³-hybridized carbons (Fsp3) is 0.533. The van der Waals surface area contributed by atoms with Crippen LogP contribution >= 0.6 is 0 Å². The van der Waals surface area contributed by atoms with E-state index in [2.05, 4.69) is 25.2 Å². The number of hydrogen-bond acceptors (Lipinski definition) is 3. The van der Waals surface area contributed by atoms with Gasteiger partial charge in [-0.2, -0.15) is 5.26 Å². The van der Waals surface area contributed by atoms with Crippen LogP contribution < -0.4 is 5.32 Å². The number of benzene rings is 1. The smallest absolute Gasteiger partial charge is 0.0681 e. The summed E-state index contributed by atoms with van der Waals surface area (Å²) in [4.78, 5) is 0. The fourth-order valence-corrected chi connectivity index (χ4v) is 1.79. The SMILES string of the molecule is CC(C)(CCC#N)CNCc1ccc(CO)cc1. The first-order chi connectivity index (χ1) is 8.57. The number of aliphatic hydroxyl groups is 1. The normalized spacial score (nSPS) is 11.2. The van der Waals surface area contributed by atoms with Gasteiger partial charge in [0.2, 0.25) is 0 Å². The largest absolute Gasteiger partial charge is 0.392 e. The molecule has 2 N–H and O–H groups in total. The van der Waals surface area contributed by atoms with Crippen LogP contribution in [0.2, 0.25) is 0 Å². The number of nitrogens with one attached hydrogen (secondary N) is 1. The van der Waals surface area contributed by atoms with Crippen LogP contribution in [0.4, 0.5) is 0 Å². The van der Waals surface area contributed by atoms with E-state index >= 15 is 0 Å². The number of rotatable bonds is 7. The number of hydrogen-bond donors (Lipinski definition) is 2. The van der Waals surface area contributed by atoms with Gasteiger partial charge in [-0.25, -0.2) is 0 Å². The second-order valence-corrected chi connectivity index (χ2v) is 5.40.